The molecule has 41 heavy (non-hydrogen) atoms. The molecule has 0 fully saturated rings. The predicted molar refractivity (Wildman–Crippen MR) is 159 cm³/mol. The summed E-state index contributed by atoms with van der Waals surface area (Å²) in [5, 5.41) is 10.5. The first-order valence-electron chi connectivity index (χ1n) is 12.9. The molecule has 0 unspecified atom stereocenters. The minimum Gasteiger partial charge on any atom is -0.336 e. The van der Waals surface area contributed by atoms with Gasteiger partial charge in [-0.2, -0.15) is 5.10 Å². The van der Waals surface area contributed by atoms with Crippen LogP contribution in [0.5, 0.6) is 0 Å². The van der Waals surface area contributed by atoms with E-state index in [4.69, 9.17) is 4.98 Å². The van der Waals surface area contributed by atoms with E-state index in [2.05, 4.69) is 30.5 Å². The molecule has 10 heteroatoms. The smallest absolute Gasteiger partial charge is 0.228 e. The van der Waals surface area contributed by atoms with E-state index in [9.17, 15) is 4.79 Å². The summed E-state index contributed by atoms with van der Waals surface area (Å²) < 4.78 is 16.2. The van der Waals surface area contributed by atoms with Crippen LogP contribution in [-0.4, -0.2) is 36.0 Å². The summed E-state index contributed by atoms with van der Waals surface area (Å²) in [5.41, 5.74) is 5.39. The van der Waals surface area contributed by atoms with Crippen LogP contribution >= 0.6 is 11.3 Å². The maximum atomic E-state index is 16.2. The molecule has 0 saturated heterocycles. The van der Waals surface area contributed by atoms with Crippen molar-refractivity contribution in [1.82, 2.24) is 30.1 Å². The van der Waals surface area contributed by atoms with Gasteiger partial charge < -0.3 is 10.3 Å². The Balaban J connectivity index is 1.24. The van der Waals surface area contributed by atoms with E-state index < -0.39 is 5.82 Å². The first-order valence-corrected chi connectivity index (χ1v) is 13.7. The molecule has 5 heterocycles. The van der Waals surface area contributed by atoms with Gasteiger partial charge in [-0.3, -0.25) is 19.9 Å². The topological polar surface area (TPSA) is 112 Å². The van der Waals surface area contributed by atoms with E-state index in [-0.39, 0.29) is 12.3 Å². The number of carbonyl (C=O) groups is 1. The molecule has 0 aliphatic heterocycles. The van der Waals surface area contributed by atoms with Crippen LogP contribution in [0.4, 0.5) is 10.1 Å². The number of aromatic nitrogens is 6. The van der Waals surface area contributed by atoms with Crippen LogP contribution in [-0.2, 0) is 11.2 Å². The van der Waals surface area contributed by atoms with Gasteiger partial charge in [-0.1, -0.05) is 30.3 Å². The highest BCUT2D eigenvalue weighted by atomic mass is 32.1. The number of hydrogen-bond acceptors (Lipinski definition) is 6. The fraction of sp³-hybridized carbons (Fsp3) is 0.0645. The maximum absolute atomic E-state index is 16.2. The number of benzene rings is 2. The molecule has 8 nitrogen and oxygen atoms in total. The van der Waals surface area contributed by atoms with E-state index in [0.717, 1.165) is 21.7 Å². The molecule has 0 saturated carbocycles. The van der Waals surface area contributed by atoms with E-state index in [0.29, 0.717) is 44.8 Å². The van der Waals surface area contributed by atoms with E-state index >= 15 is 4.39 Å². The molecule has 0 aliphatic rings. The Hall–Kier alpha value is -5.22. The Labute approximate surface area is 237 Å². The lowest BCUT2D eigenvalue weighted by atomic mass is 10.0. The molecule has 0 radical (unpaired) electrons. The van der Waals surface area contributed by atoms with Crippen molar-refractivity contribution < 1.29 is 9.18 Å². The van der Waals surface area contributed by atoms with Gasteiger partial charge in [0.1, 0.15) is 22.7 Å². The number of halogens is 1. The maximum Gasteiger partial charge on any atom is 0.228 e. The minimum atomic E-state index is -0.464. The van der Waals surface area contributed by atoms with Gasteiger partial charge in [0, 0.05) is 28.4 Å². The summed E-state index contributed by atoms with van der Waals surface area (Å²) in [7, 11) is 0. The summed E-state index contributed by atoms with van der Waals surface area (Å²) in [6.45, 7) is 2.05. The second kappa shape index (κ2) is 10.1. The first-order chi connectivity index (χ1) is 20.0. The Morgan fingerprint density at radius 3 is 2.71 bits per heavy atom. The number of thiophene rings is 1. The number of pyridine rings is 2. The molecule has 5 aromatic heterocycles. The van der Waals surface area contributed by atoms with Crippen molar-refractivity contribution in [3.63, 3.8) is 0 Å². The lowest BCUT2D eigenvalue weighted by molar-refractivity contribution is -0.115. The van der Waals surface area contributed by atoms with Gasteiger partial charge in [-0.15, -0.1) is 11.3 Å². The average Bonchev–Trinajstić information content (AvgIpc) is 3.72. The number of anilines is 1. The number of nitrogens with zero attached hydrogens (tertiary/aromatic N) is 4. The van der Waals surface area contributed by atoms with Crippen molar-refractivity contribution >= 4 is 44.9 Å². The molecule has 2 aromatic carbocycles. The van der Waals surface area contributed by atoms with Crippen molar-refractivity contribution in [2.24, 2.45) is 0 Å². The van der Waals surface area contributed by atoms with Crippen molar-refractivity contribution in [3.8, 4) is 33.2 Å². The summed E-state index contributed by atoms with van der Waals surface area (Å²) in [6.07, 6.45) is 5.07. The monoisotopic (exact) mass is 559 g/mol. The molecule has 0 spiro atoms. The molecular formula is C31H22FN7OS. The summed E-state index contributed by atoms with van der Waals surface area (Å²) in [6, 6.07) is 20.5. The van der Waals surface area contributed by atoms with Gasteiger partial charge in [-0.05, 0) is 48.9 Å². The van der Waals surface area contributed by atoms with Crippen molar-refractivity contribution in [2.75, 3.05) is 5.32 Å². The third-order valence-electron chi connectivity index (χ3n) is 6.81. The summed E-state index contributed by atoms with van der Waals surface area (Å²) >= 11 is 1.64. The minimum absolute atomic E-state index is 0.181. The number of nitrogens with one attached hydrogen (secondary N) is 3. The van der Waals surface area contributed by atoms with Crippen LogP contribution in [0.3, 0.4) is 0 Å². The third kappa shape index (κ3) is 4.64. The molecular weight excluding hydrogens is 537 g/mol. The zero-order valence-corrected chi connectivity index (χ0v) is 22.6. The highest BCUT2D eigenvalue weighted by Gasteiger charge is 2.21. The van der Waals surface area contributed by atoms with E-state index in [1.807, 2.05) is 55.5 Å². The number of aryl methyl sites for hydroxylation is 1. The first kappa shape index (κ1) is 24.8. The van der Waals surface area contributed by atoms with Crippen molar-refractivity contribution in [2.45, 2.75) is 13.3 Å². The SMILES string of the molecule is Cc1ccc(-c2nccc3[nH]c(-c4n[nH]c5ccc(-c6cncc(NC(=O)Cc7ccccc7)c6)c(F)c45)nc23)s1. The second-order valence-electron chi connectivity index (χ2n) is 9.65. The fourth-order valence-electron chi connectivity index (χ4n) is 4.90. The van der Waals surface area contributed by atoms with Crippen LogP contribution in [0.1, 0.15) is 10.4 Å². The van der Waals surface area contributed by atoms with E-state index in [1.54, 1.807) is 48.1 Å². The molecule has 7 aromatic rings. The number of amides is 1. The second-order valence-corrected chi connectivity index (χ2v) is 10.9. The van der Waals surface area contributed by atoms with Gasteiger partial charge in [0.25, 0.3) is 0 Å². The van der Waals surface area contributed by atoms with Crippen molar-refractivity contribution in [3.05, 3.63) is 102 Å². The Bertz CT molecular complexity index is 2060. The number of rotatable bonds is 6. The van der Waals surface area contributed by atoms with Gasteiger partial charge >= 0.3 is 0 Å². The molecule has 0 atom stereocenters. The van der Waals surface area contributed by atoms with Gasteiger partial charge in [0.15, 0.2) is 5.82 Å². The largest absolute Gasteiger partial charge is 0.336 e. The van der Waals surface area contributed by atoms with E-state index in [1.165, 1.54) is 4.88 Å². The fourth-order valence-corrected chi connectivity index (χ4v) is 5.76. The Morgan fingerprint density at radius 2 is 1.88 bits per heavy atom. The highest BCUT2D eigenvalue weighted by molar-refractivity contribution is 7.15. The molecule has 0 aliphatic carbocycles. The van der Waals surface area contributed by atoms with Crippen LogP contribution in [0.2, 0.25) is 0 Å². The molecule has 0 bridgehead atoms. The van der Waals surface area contributed by atoms with Crippen LogP contribution < -0.4 is 5.32 Å². The standard InChI is InChI=1S/C31H22FN7OS/c1-17-7-10-24(41-17)29-28-23(11-12-34-29)36-31(37-28)30-26-22(38-39-30)9-8-21(27(26)32)19-14-20(16-33-15-19)35-25(40)13-18-5-3-2-4-6-18/h2-12,14-16H,13H2,1H3,(H,35,40)(H,36,37)(H,38,39). The van der Waals surface area contributed by atoms with Crippen LogP contribution in [0, 0.1) is 12.7 Å². The zero-order valence-electron chi connectivity index (χ0n) is 21.8. The number of H-pyrrole nitrogens is 2. The summed E-state index contributed by atoms with van der Waals surface area (Å²) in [5.74, 6) is -0.210. The Morgan fingerprint density at radius 1 is 1.00 bits per heavy atom. The molecule has 3 N–H and O–H groups in total. The molecule has 1 amide bonds. The number of carbonyl (C=O) groups excluding carboxylic acids is 1. The molecule has 200 valence electrons. The number of imidazole rings is 1. The lowest BCUT2D eigenvalue weighted by Crippen LogP contribution is -2.14. The quantitative estimate of drug-likeness (QED) is 0.205. The Kier molecular flexibility index (Phi) is 6.09. The molecule has 7 rings (SSSR count). The number of aromatic amines is 2. The van der Waals surface area contributed by atoms with Gasteiger partial charge in [-0.25, -0.2) is 9.37 Å². The van der Waals surface area contributed by atoms with Gasteiger partial charge in [0.05, 0.1) is 39.6 Å². The summed E-state index contributed by atoms with van der Waals surface area (Å²) in [4.78, 5) is 31.7. The van der Waals surface area contributed by atoms with Crippen molar-refractivity contribution in [1.29, 1.82) is 0 Å². The number of hydrogen-bond donors (Lipinski definition) is 3. The number of fused-ring (bicyclic) bond motifs is 2. The normalized spacial score (nSPS) is 11.4. The van der Waals surface area contributed by atoms with Crippen LogP contribution in [0.15, 0.2) is 85.3 Å². The lowest BCUT2D eigenvalue weighted by Gasteiger charge is -2.09. The van der Waals surface area contributed by atoms with Crippen LogP contribution in [0.25, 0.3) is 55.2 Å². The predicted octanol–water partition coefficient (Wildman–Crippen LogP) is 6.92. The highest BCUT2D eigenvalue weighted by Crippen LogP contribution is 2.36. The average molecular weight is 560 g/mol. The third-order valence-corrected chi connectivity index (χ3v) is 7.81. The zero-order chi connectivity index (χ0) is 27.9. The van der Waals surface area contributed by atoms with Gasteiger partial charge in [0.2, 0.25) is 5.91 Å².